The van der Waals surface area contributed by atoms with Gasteiger partial charge in [0, 0.05) is 24.3 Å². The number of halogens is 3. The minimum Gasteiger partial charge on any atom is -0.444 e. The smallest absolute Gasteiger partial charge is 0.416 e. The molecule has 0 atom stereocenters. The Bertz CT molecular complexity index is 995. The van der Waals surface area contributed by atoms with Gasteiger partial charge in [0.1, 0.15) is 5.60 Å². The zero-order chi connectivity index (χ0) is 24.2. The van der Waals surface area contributed by atoms with Gasteiger partial charge in [-0.05, 0) is 63.2 Å². The van der Waals surface area contributed by atoms with Crippen molar-refractivity contribution < 1.29 is 32.2 Å². The maximum absolute atomic E-state index is 13.2. The lowest BCUT2D eigenvalue weighted by atomic mass is 10.1. The number of hydrogen-bond acceptors (Lipinski definition) is 5. The second-order valence-electron chi connectivity index (χ2n) is 8.49. The summed E-state index contributed by atoms with van der Waals surface area (Å²) in [5, 5.41) is 4.86. The van der Waals surface area contributed by atoms with Crippen LogP contribution in [0.15, 0.2) is 42.5 Å². The van der Waals surface area contributed by atoms with Crippen molar-refractivity contribution in [3.63, 3.8) is 0 Å². The highest BCUT2D eigenvalue weighted by molar-refractivity contribution is 6.07. The number of amides is 2. The minimum absolute atomic E-state index is 0.0180. The van der Waals surface area contributed by atoms with Crippen LogP contribution < -0.4 is 15.5 Å². The van der Waals surface area contributed by atoms with Gasteiger partial charge in [-0.2, -0.15) is 13.2 Å². The van der Waals surface area contributed by atoms with E-state index in [1.165, 1.54) is 0 Å². The Morgan fingerprint density at radius 3 is 2.15 bits per heavy atom. The fourth-order valence-electron chi connectivity index (χ4n) is 3.19. The van der Waals surface area contributed by atoms with E-state index in [9.17, 15) is 22.8 Å². The van der Waals surface area contributed by atoms with Crippen LogP contribution in [0.1, 0.15) is 36.7 Å². The molecule has 0 radical (unpaired) electrons. The van der Waals surface area contributed by atoms with Gasteiger partial charge < -0.3 is 19.7 Å². The number of hydrogen-bond donors (Lipinski definition) is 2. The molecule has 1 aliphatic heterocycles. The van der Waals surface area contributed by atoms with E-state index in [-0.39, 0.29) is 16.9 Å². The zero-order valence-electron chi connectivity index (χ0n) is 18.6. The van der Waals surface area contributed by atoms with Gasteiger partial charge in [-0.1, -0.05) is 0 Å². The van der Waals surface area contributed by atoms with Gasteiger partial charge >= 0.3 is 12.3 Å². The molecule has 0 spiro atoms. The molecule has 1 saturated heterocycles. The summed E-state index contributed by atoms with van der Waals surface area (Å²) in [6, 6.07) is 9.39. The topological polar surface area (TPSA) is 79.9 Å². The first-order valence-corrected chi connectivity index (χ1v) is 10.4. The Hall–Kier alpha value is -3.27. The van der Waals surface area contributed by atoms with Crippen molar-refractivity contribution in [3.8, 4) is 0 Å². The van der Waals surface area contributed by atoms with Crippen LogP contribution in [0.25, 0.3) is 0 Å². The van der Waals surface area contributed by atoms with Crippen LogP contribution in [0.4, 0.5) is 35.0 Å². The van der Waals surface area contributed by atoms with Crippen molar-refractivity contribution in [1.82, 2.24) is 0 Å². The van der Waals surface area contributed by atoms with E-state index in [4.69, 9.17) is 9.47 Å². The van der Waals surface area contributed by atoms with E-state index in [0.717, 1.165) is 37.0 Å². The number of carbonyl (C=O) groups is 2. The average Bonchev–Trinajstić information content (AvgIpc) is 2.73. The summed E-state index contributed by atoms with van der Waals surface area (Å²) in [5.74, 6) is -0.616. The number of benzene rings is 2. The molecule has 1 aliphatic rings. The molecule has 178 valence electrons. The van der Waals surface area contributed by atoms with Crippen molar-refractivity contribution in [1.29, 1.82) is 0 Å². The normalized spacial score (nSPS) is 14.5. The zero-order valence-corrected chi connectivity index (χ0v) is 18.6. The summed E-state index contributed by atoms with van der Waals surface area (Å²) in [6.45, 7) is 7.66. The molecule has 33 heavy (non-hydrogen) atoms. The molecule has 1 heterocycles. The van der Waals surface area contributed by atoms with Crippen LogP contribution in [0.2, 0.25) is 0 Å². The number of nitrogens with one attached hydrogen (secondary N) is 2. The molecule has 2 amide bonds. The van der Waals surface area contributed by atoms with Gasteiger partial charge in [-0.15, -0.1) is 0 Å². The largest absolute Gasteiger partial charge is 0.444 e. The van der Waals surface area contributed by atoms with Crippen LogP contribution in [0, 0.1) is 0 Å². The van der Waals surface area contributed by atoms with Crippen molar-refractivity contribution in [2.75, 3.05) is 41.8 Å². The molecular formula is C23H26F3N3O4. The number of ether oxygens (including phenoxy) is 2. The fraction of sp³-hybridized carbons (Fsp3) is 0.391. The summed E-state index contributed by atoms with van der Waals surface area (Å²) in [4.78, 5) is 27.0. The highest BCUT2D eigenvalue weighted by Crippen LogP contribution is 2.34. The number of rotatable bonds is 4. The van der Waals surface area contributed by atoms with Crippen LogP contribution >= 0.6 is 0 Å². The van der Waals surface area contributed by atoms with Crippen LogP contribution in [-0.4, -0.2) is 43.9 Å². The van der Waals surface area contributed by atoms with Crippen LogP contribution in [-0.2, 0) is 15.7 Å². The third-order valence-electron chi connectivity index (χ3n) is 4.74. The summed E-state index contributed by atoms with van der Waals surface area (Å²) < 4.78 is 50.2. The molecule has 0 aliphatic carbocycles. The molecule has 2 aromatic rings. The first-order valence-electron chi connectivity index (χ1n) is 10.4. The highest BCUT2D eigenvalue weighted by atomic mass is 19.4. The van der Waals surface area contributed by atoms with E-state index in [1.54, 1.807) is 45.0 Å². The van der Waals surface area contributed by atoms with E-state index in [2.05, 4.69) is 15.5 Å². The first-order chi connectivity index (χ1) is 15.4. The number of morpholine rings is 1. The van der Waals surface area contributed by atoms with E-state index in [0.29, 0.717) is 13.2 Å². The lowest BCUT2D eigenvalue weighted by Gasteiger charge is -2.28. The molecular weight excluding hydrogens is 439 g/mol. The summed E-state index contributed by atoms with van der Waals surface area (Å²) >= 11 is 0. The Balaban J connectivity index is 1.80. The van der Waals surface area contributed by atoms with Crippen LogP contribution in [0.3, 0.4) is 0 Å². The van der Waals surface area contributed by atoms with Crippen LogP contribution in [0.5, 0.6) is 0 Å². The van der Waals surface area contributed by atoms with Gasteiger partial charge in [-0.25, -0.2) is 4.79 Å². The van der Waals surface area contributed by atoms with Gasteiger partial charge in [0.25, 0.3) is 5.91 Å². The Morgan fingerprint density at radius 1 is 0.939 bits per heavy atom. The lowest BCUT2D eigenvalue weighted by molar-refractivity contribution is -0.137. The van der Waals surface area contributed by atoms with E-state index >= 15 is 0 Å². The van der Waals surface area contributed by atoms with Gasteiger partial charge in [-0.3, -0.25) is 10.1 Å². The molecule has 0 aromatic heterocycles. The monoisotopic (exact) mass is 465 g/mol. The Kier molecular flexibility index (Phi) is 7.16. The molecule has 10 heteroatoms. The molecule has 7 nitrogen and oxygen atoms in total. The molecule has 1 fully saturated rings. The first kappa shape index (κ1) is 24.4. The maximum atomic E-state index is 13.2. The number of carbonyl (C=O) groups excluding carboxylic acids is 2. The quantitative estimate of drug-likeness (QED) is 0.654. The molecule has 2 N–H and O–H groups in total. The molecule has 0 saturated carbocycles. The predicted molar refractivity (Wildman–Crippen MR) is 119 cm³/mol. The average molecular weight is 465 g/mol. The molecule has 3 rings (SSSR count). The standard InChI is InChI=1S/C23H26F3N3O4/c1-22(2,3)33-21(31)28-18-9-6-16(23(24,25)26)14-19(18)27-20(30)15-4-7-17(8-5-15)29-10-12-32-13-11-29/h4-9,14H,10-13H2,1-3H3,(H,27,30)(H,28,31). The maximum Gasteiger partial charge on any atom is 0.416 e. The molecule has 0 bridgehead atoms. The fourth-order valence-corrected chi connectivity index (χ4v) is 3.19. The van der Waals surface area contributed by atoms with Crippen molar-refractivity contribution in [2.45, 2.75) is 32.5 Å². The molecule has 2 aromatic carbocycles. The third kappa shape index (κ3) is 6.85. The Morgan fingerprint density at radius 2 is 1.58 bits per heavy atom. The SMILES string of the molecule is CC(C)(C)OC(=O)Nc1ccc(C(F)(F)F)cc1NC(=O)c1ccc(N2CCOCC2)cc1. The van der Waals surface area contributed by atoms with E-state index in [1.807, 2.05) is 0 Å². The third-order valence-corrected chi connectivity index (χ3v) is 4.74. The summed E-state index contributed by atoms with van der Waals surface area (Å²) in [5.41, 5.74) is -0.806. The van der Waals surface area contributed by atoms with Crippen molar-refractivity contribution in [2.24, 2.45) is 0 Å². The second-order valence-corrected chi connectivity index (χ2v) is 8.49. The van der Waals surface area contributed by atoms with E-state index < -0.39 is 29.3 Å². The van der Waals surface area contributed by atoms with Gasteiger partial charge in [0.05, 0.1) is 30.2 Å². The molecule has 0 unspecified atom stereocenters. The summed E-state index contributed by atoms with van der Waals surface area (Å²) in [6.07, 6.45) is -5.48. The van der Waals surface area contributed by atoms with Crippen molar-refractivity contribution in [3.05, 3.63) is 53.6 Å². The minimum atomic E-state index is -4.62. The summed E-state index contributed by atoms with van der Waals surface area (Å²) in [7, 11) is 0. The number of nitrogens with zero attached hydrogens (tertiary/aromatic N) is 1. The Labute approximate surface area is 189 Å². The van der Waals surface area contributed by atoms with Gasteiger partial charge in [0.2, 0.25) is 0 Å². The number of anilines is 3. The predicted octanol–water partition coefficient (Wildman–Crippen LogP) is 5.14. The van der Waals surface area contributed by atoms with Gasteiger partial charge in [0.15, 0.2) is 0 Å². The second kappa shape index (κ2) is 9.70. The highest BCUT2D eigenvalue weighted by Gasteiger charge is 2.31. The van der Waals surface area contributed by atoms with Crippen molar-refractivity contribution >= 4 is 29.1 Å². The number of alkyl halides is 3. The lowest BCUT2D eigenvalue weighted by Crippen LogP contribution is -2.36.